The van der Waals surface area contributed by atoms with Crippen molar-refractivity contribution in [1.82, 2.24) is 4.31 Å². The lowest BCUT2D eigenvalue weighted by Gasteiger charge is -2.16. The molecule has 0 aliphatic carbocycles. The number of nitrogens with zero attached hydrogens (tertiary/aromatic N) is 1. The molecule has 0 amide bonds. The van der Waals surface area contributed by atoms with Gasteiger partial charge in [-0.05, 0) is 57.2 Å². The molecule has 0 spiro atoms. The maximum absolute atomic E-state index is 12.4. The van der Waals surface area contributed by atoms with Gasteiger partial charge in [0.05, 0.1) is 15.8 Å². The highest BCUT2D eigenvalue weighted by molar-refractivity contribution is 9.11. The Morgan fingerprint density at radius 3 is 2.45 bits per heavy atom. The monoisotopic (exact) mass is 375 g/mol. The van der Waals surface area contributed by atoms with Crippen molar-refractivity contribution in [2.75, 3.05) is 14.2 Å². The van der Waals surface area contributed by atoms with Crippen molar-refractivity contribution in [3.8, 4) is 5.75 Å². The molecular weight excluding hydrogens is 362 g/mol. The molecule has 7 heteroatoms. The normalized spacial score (nSPS) is 11.8. The molecule has 0 N–H and O–H groups in total. The molecule has 0 radical (unpaired) electrons. The van der Waals surface area contributed by atoms with E-state index in [0.717, 1.165) is 9.35 Å². The van der Waals surface area contributed by atoms with Crippen LogP contribution in [-0.2, 0) is 16.6 Å². The van der Waals surface area contributed by atoms with Gasteiger partial charge in [0.25, 0.3) is 0 Å². The highest BCUT2D eigenvalue weighted by atomic mass is 79.9. The average Bonchev–Trinajstić information content (AvgIpc) is 2.84. The van der Waals surface area contributed by atoms with Crippen LogP contribution in [0.1, 0.15) is 5.56 Å². The molecule has 0 aliphatic heterocycles. The van der Waals surface area contributed by atoms with E-state index in [9.17, 15) is 8.42 Å². The Kier molecular flexibility index (Phi) is 4.85. The summed E-state index contributed by atoms with van der Waals surface area (Å²) in [6.45, 7) is 0.344. The molecule has 108 valence electrons. The van der Waals surface area contributed by atoms with Gasteiger partial charge in [-0.1, -0.05) is 0 Å². The molecule has 0 saturated carbocycles. The van der Waals surface area contributed by atoms with Crippen LogP contribution < -0.4 is 4.74 Å². The van der Waals surface area contributed by atoms with Crippen LogP contribution in [0.15, 0.2) is 44.4 Å². The number of ether oxygens (including phenoxy) is 1. The van der Waals surface area contributed by atoms with Gasteiger partial charge in [0, 0.05) is 13.6 Å². The molecule has 0 bridgehead atoms. The summed E-state index contributed by atoms with van der Waals surface area (Å²) >= 11 is 4.91. The number of thiophene rings is 1. The minimum Gasteiger partial charge on any atom is -0.497 e. The molecule has 4 nitrogen and oxygen atoms in total. The number of sulfonamides is 1. The van der Waals surface area contributed by atoms with Crippen molar-refractivity contribution in [2.45, 2.75) is 11.4 Å². The third-order valence-electron chi connectivity index (χ3n) is 2.79. The van der Waals surface area contributed by atoms with E-state index in [2.05, 4.69) is 15.9 Å². The molecule has 1 aromatic carbocycles. The second-order valence-electron chi connectivity index (χ2n) is 4.20. The van der Waals surface area contributed by atoms with Crippen LogP contribution in [0.4, 0.5) is 0 Å². The molecular formula is C13H14BrNO3S2. The van der Waals surface area contributed by atoms with Crippen LogP contribution in [0, 0.1) is 0 Å². The first-order valence-electron chi connectivity index (χ1n) is 5.77. The summed E-state index contributed by atoms with van der Waals surface area (Å²) in [4.78, 5) is 0.259. The zero-order valence-electron chi connectivity index (χ0n) is 11.0. The molecule has 20 heavy (non-hydrogen) atoms. The molecule has 2 rings (SSSR count). The largest absolute Gasteiger partial charge is 0.497 e. The van der Waals surface area contributed by atoms with Crippen molar-refractivity contribution < 1.29 is 13.2 Å². The van der Waals surface area contributed by atoms with Crippen LogP contribution in [0.3, 0.4) is 0 Å². The summed E-state index contributed by atoms with van der Waals surface area (Å²) < 4.78 is 32.2. The van der Waals surface area contributed by atoms with Crippen LogP contribution in [0.5, 0.6) is 5.75 Å². The van der Waals surface area contributed by atoms with Gasteiger partial charge < -0.3 is 4.74 Å². The van der Waals surface area contributed by atoms with E-state index in [1.54, 1.807) is 38.4 Å². The van der Waals surface area contributed by atoms with Crippen molar-refractivity contribution in [3.05, 3.63) is 45.1 Å². The fourth-order valence-corrected chi connectivity index (χ4v) is 4.06. The number of halogens is 1. The fraction of sp³-hybridized carbons (Fsp3) is 0.231. The summed E-state index contributed by atoms with van der Waals surface area (Å²) in [5.41, 5.74) is 0.960. The highest BCUT2D eigenvalue weighted by Gasteiger charge is 2.21. The second kappa shape index (κ2) is 6.26. The predicted octanol–water partition coefficient (Wildman–Crippen LogP) is 3.34. The van der Waals surface area contributed by atoms with Gasteiger partial charge in [-0.15, -0.1) is 11.3 Å². The van der Waals surface area contributed by atoms with E-state index in [1.165, 1.54) is 15.6 Å². The van der Waals surface area contributed by atoms with E-state index in [0.29, 0.717) is 12.3 Å². The first-order valence-corrected chi connectivity index (χ1v) is 8.88. The summed E-state index contributed by atoms with van der Waals surface area (Å²) in [6.07, 6.45) is 0. The third kappa shape index (κ3) is 3.41. The molecule has 0 aliphatic rings. The molecule has 2 aromatic rings. The summed E-state index contributed by atoms with van der Waals surface area (Å²) in [5, 5.41) is 1.93. The SMILES string of the molecule is COc1ccc(S(=O)(=O)N(C)Cc2csc(Br)c2)cc1. The highest BCUT2D eigenvalue weighted by Crippen LogP contribution is 2.24. The van der Waals surface area contributed by atoms with Gasteiger partial charge in [-0.25, -0.2) is 8.42 Å². The number of hydrogen-bond donors (Lipinski definition) is 0. The van der Waals surface area contributed by atoms with Gasteiger partial charge in [0.1, 0.15) is 5.75 Å². The van der Waals surface area contributed by atoms with Crippen LogP contribution in [0.25, 0.3) is 0 Å². The Bertz CT molecular complexity index is 680. The number of benzene rings is 1. The smallest absolute Gasteiger partial charge is 0.243 e. The molecule has 0 saturated heterocycles. The average molecular weight is 376 g/mol. The standard InChI is InChI=1S/C13H14BrNO3S2/c1-15(8-10-7-13(14)19-9-10)20(16,17)12-5-3-11(18-2)4-6-12/h3-7,9H,8H2,1-2H3. The van der Waals surface area contributed by atoms with E-state index < -0.39 is 10.0 Å². The van der Waals surface area contributed by atoms with Crippen molar-refractivity contribution in [2.24, 2.45) is 0 Å². The van der Waals surface area contributed by atoms with Gasteiger partial charge >= 0.3 is 0 Å². The quantitative estimate of drug-likeness (QED) is 0.804. The maximum Gasteiger partial charge on any atom is 0.243 e. The first kappa shape index (κ1) is 15.5. The summed E-state index contributed by atoms with van der Waals surface area (Å²) in [5.74, 6) is 0.633. The van der Waals surface area contributed by atoms with Crippen molar-refractivity contribution >= 4 is 37.3 Å². The van der Waals surface area contributed by atoms with Crippen LogP contribution >= 0.6 is 27.3 Å². The van der Waals surface area contributed by atoms with Gasteiger partial charge in [0.2, 0.25) is 10.0 Å². The summed E-state index contributed by atoms with van der Waals surface area (Å²) in [6, 6.07) is 8.30. The van der Waals surface area contributed by atoms with Gasteiger partial charge in [0.15, 0.2) is 0 Å². The molecule has 1 aromatic heterocycles. The zero-order valence-corrected chi connectivity index (χ0v) is 14.3. The number of hydrogen-bond acceptors (Lipinski definition) is 4. The van der Waals surface area contributed by atoms with Crippen molar-refractivity contribution in [1.29, 1.82) is 0 Å². The van der Waals surface area contributed by atoms with E-state index in [1.807, 2.05) is 11.4 Å². The molecule has 0 fully saturated rings. The number of methoxy groups -OCH3 is 1. The zero-order chi connectivity index (χ0) is 14.8. The molecule has 1 heterocycles. The Morgan fingerprint density at radius 2 is 1.95 bits per heavy atom. The van der Waals surface area contributed by atoms with E-state index in [-0.39, 0.29) is 4.90 Å². The number of rotatable bonds is 5. The second-order valence-corrected chi connectivity index (χ2v) is 8.53. The minimum absolute atomic E-state index is 0.259. The lowest BCUT2D eigenvalue weighted by molar-refractivity contribution is 0.414. The molecule has 0 atom stereocenters. The lowest BCUT2D eigenvalue weighted by Crippen LogP contribution is -2.26. The van der Waals surface area contributed by atoms with Gasteiger partial charge in [-0.3, -0.25) is 0 Å². The Balaban J connectivity index is 2.19. The van der Waals surface area contributed by atoms with Crippen LogP contribution in [-0.4, -0.2) is 26.9 Å². The van der Waals surface area contributed by atoms with E-state index >= 15 is 0 Å². The predicted molar refractivity (Wildman–Crippen MR) is 83.7 cm³/mol. The molecule has 0 unspecified atom stereocenters. The van der Waals surface area contributed by atoms with E-state index in [4.69, 9.17) is 4.74 Å². The lowest BCUT2D eigenvalue weighted by atomic mass is 10.3. The van der Waals surface area contributed by atoms with Crippen LogP contribution in [0.2, 0.25) is 0 Å². The Labute approximate surface area is 131 Å². The fourth-order valence-electron chi connectivity index (χ4n) is 1.70. The van der Waals surface area contributed by atoms with Gasteiger partial charge in [-0.2, -0.15) is 4.31 Å². The first-order chi connectivity index (χ1) is 9.43. The maximum atomic E-state index is 12.4. The minimum atomic E-state index is -3.49. The Hall–Kier alpha value is -0.890. The third-order valence-corrected chi connectivity index (χ3v) is 6.17. The topological polar surface area (TPSA) is 46.6 Å². The Morgan fingerprint density at radius 1 is 1.30 bits per heavy atom. The van der Waals surface area contributed by atoms with Crippen molar-refractivity contribution in [3.63, 3.8) is 0 Å². The summed E-state index contributed by atoms with van der Waals surface area (Å²) in [7, 11) is -0.366.